The van der Waals surface area contributed by atoms with Crippen molar-refractivity contribution in [3.05, 3.63) is 23.8 Å². The number of carbonyl (C=O) groups is 2. The summed E-state index contributed by atoms with van der Waals surface area (Å²) in [6.45, 7) is 0.962. The number of rotatable bonds is 1. The van der Waals surface area contributed by atoms with E-state index in [1.807, 2.05) is 18.2 Å². The van der Waals surface area contributed by atoms with Gasteiger partial charge < -0.3 is 5.32 Å². The number of carbonyl (C=O) groups excluding carboxylic acids is 2. The molecule has 0 radical (unpaired) electrons. The van der Waals surface area contributed by atoms with Crippen LogP contribution in [0.3, 0.4) is 0 Å². The molecule has 4 nitrogen and oxygen atoms in total. The van der Waals surface area contributed by atoms with Gasteiger partial charge in [0.15, 0.2) is 0 Å². The van der Waals surface area contributed by atoms with Crippen LogP contribution >= 0.6 is 0 Å². The number of nitrogens with zero attached hydrogens (tertiary/aromatic N) is 1. The van der Waals surface area contributed by atoms with E-state index in [4.69, 9.17) is 0 Å². The van der Waals surface area contributed by atoms with Crippen LogP contribution < -0.4 is 10.2 Å². The lowest BCUT2D eigenvalue weighted by atomic mass is 10.00. The second-order valence-corrected chi connectivity index (χ2v) is 5.99. The maximum atomic E-state index is 12.6. The quantitative estimate of drug-likeness (QED) is 0.797. The number of imide groups is 1. The normalized spacial score (nSPS) is 28.3. The predicted molar refractivity (Wildman–Crippen MR) is 76.6 cm³/mol. The number of anilines is 2. The zero-order valence-corrected chi connectivity index (χ0v) is 11.4. The van der Waals surface area contributed by atoms with Gasteiger partial charge in [0.25, 0.3) is 0 Å². The first-order chi connectivity index (χ1) is 9.77. The van der Waals surface area contributed by atoms with Gasteiger partial charge in [-0.3, -0.25) is 9.59 Å². The van der Waals surface area contributed by atoms with Crippen molar-refractivity contribution in [2.75, 3.05) is 16.8 Å². The van der Waals surface area contributed by atoms with E-state index in [-0.39, 0.29) is 23.7 Å². The van der Waals surface area contributed by atoms with Crippen molar-refractivity contribution < 1.29 is 9.59 Å². The van der Waals surface area contributed by atoms with Crippen molar-refractivity contribution in [3.8, 4) is 0 Å². The Morgan fingerprint density at radius 2 is 1.80 bits per heavy atom. The molecule has 1 aliphatic carbocycles. The van der Waals surface area contributed by atoms with Gasteiger partial charge in [0.2, 0.25) is 11.8 Å². The van der Waals surface area contributed by atoms with E-state index < -0.39 is 0 Å². The largest absolute Gasteiger partial charge is 0.385 e. The third-order valence-corrected chi connectivity index (χ3v) is 4.90. The second-order valence-electron chi connectivity index (χ2n) is 5.99. The molecule has 2 atom stereocenters. The molecule has 0 bridgehead atoms. The van der Waals surface area contributed by atoms with E-state index in [0.717, 1.165) is 55.6 Å². The van der Waals surface area contributed by atoms with Gasteiger partial charge in [0.1, 0.15) is 0 Å². The minimum absolute atomic E-state index is 0.0245. The lowest BCUT2D eigenvalue weighted by Gasteiger charge is -2.25. The van der Waals surface area contributed by atoms with Gasteiger partial charge in [-0.25, -0.2) is 4.90 Å². The van der Waals surface area contributed by atoms with Gasteiger partial charge in [-0.15, -0.1) is 0 Å². The lowest BCUT2D eigenvalue weighted by molar-refractivity contribution is -0.122. The summed E-state index contributed by atoms with van der Waals surface area (Å²) in [5.74, 6) is -0.0715. The van der Waals surface area contributed by atoms with Crippen LogP contribution in [-0.2, 0) is 16.0 Å². The highest BCUT2D eigenvalue weighted by Gasteiger charge is 2.50. The topological polar surface area (TPSA) is 49.4 Å². The highest BCUT2D eigenvalue weighted by atomic mass is 16.2. The summed E-state index contributed by atoms with van der Waals surface area (Å²) < 4.78 is 0. The number of fused-ring (bicyclic) bond motifs is 2. The molecule has 3 aliphatic rings. The van der Waals surface area contributed by atoms with Crippen LogP contribution in [0.5, 0.6) is 0 Å². The molecule has 0 spiro atoms. The summed E-state index contributed by atoms with van der Waals surface area (Å²) in [5, 5.41) is 3.36. The number of benzene rings is 1. The molecule has 2 unspecified atom stereocenters. The molecule has 104 valence electrons. The average Bonchev–Trinajstić information content (AvgIpc) is 3.04. The first kappa shape index (κ1) is 11.9. The highest BCUT2D eigenvalue weighted by Crippen LogP contribution is 2.43. The maximum absolute atomic E-state index is 12.6. The van der Waals surface area contributed by atoms with Gasteiger partial charge in [-0.2, -0.15) is 0 Å². The molecule has 1 aromatic rings. The van der Waals surface area contributed by atoms with Crippen LogP contribution in [0.2, 0.25) is 0 Å². The van der Waals surface area contributed by atoms with Crippen LogP contribution in [0.4, 0.5) is 11.4 Å². The highest BCUT2D eigenvalue weighted by molar-refractivity contribution is 6.22. The molecule has 0 aromatic heterocycles. The number of hydrogen-bond acceptors (Lipinski definition) is 3. The van der Waals surface area contributed by atoms with Crippen LogP contribution in [0, 0.1) is 11.8 Å². The molecule has 2 aliphatic heterocycles. The molecular weight excluding hydrogens is 252 g/mol. The molecule has 20 heavy (non-hydrogen) atoms. The van der Waals surface area contributed by atoms with Crippen LogP contribution in [0.1, 0.15) is 31.2 Å². The fourth-order valence-corrected chi connectivity index (χ4v) is 3.93. The summed E-state index contributed by atoms with van der Waals surface area (Å²) in [5.41, 5.74) is 3.02. The fourth-order valence-electron chi connectivity index (χ4n) is 3.93. The summed E-state index contributed by atoms with van der Waals surface area (Å²) in [4.78, 5) is 26.6. The van der Waals surface area contributed by atoms with E-state index in [2.05, 4.69) is 5.32 Å². The predicted octanol–water partition coefficient (Wildman–Crippen LogP) is 2.33. The molecule has 2 heterocycles. The van der Waals surface area contributed by atoms with Crippen molar-refractivity contribution in [2.24, 2.45) is 11.8 Å². The van der Waals surface area contributed by atoms with Crippen molar-refractivity contribution in [3.63, 3.8) is 0 Å². The van der Waals surface area contributed by atoms with Crippen molar-refractivity contribution in [2.45, 2.75) is 32.1 Å². The fraction of sp³-hybridized carbons (Fsp3) is 0.500. The second kappa shape index (κ2) is 4.33. The van der Waals surface area contributed by atoms with Crippen molar-refractivity contribution in [1.82, 2.24) is 0 Å². The monoisotopic (exact) mass is 270 g/mol. The van der Waals surface area contributed by atoms with E-state index in [1.165, 1.54) is 4.90 Å². The molecule has 2 amide bonds. The standard InChI is InChI=1S/C16H18N2O2/c19-15-10-4-1-5-11(10)16(20)18(15)14-8-2-7-13-12(14)6-3-9-17-13/h2,7-8,10-11,17H,1,3-6,9H2. The van der Waals surface area contributed by atoms with Crippen LogP contribution in [0.25, 0.3) is 0 Å². The molecule has 1 saturated heterocycles. The Labute approximate surface area is 118 Å². The van der Waals surface area contributed by atoms with Gasteiger partial charge >= 0.3 is 0 Å². The minimum atomic E-state index is -0.0603. The zero-order chi connectivity index (χ0) is 13.7. The average molecular weight is 270 g/mol. The number of hydrogen-bond donors (Lipinski definition) is 1. The molecule has 4 heteroatoms. The SMILES string of the molecule is O=C1C2CCCC2C(=O)N1c1cccc2c1CCCN2. The third-order valence-electron chi connectivity index (χ3n) is 4.90. The first-order valence-corrected chi connectivity index (χ1v) is 7.51. The Morgan fingerprint density at radius 3 is 2.55 bits per heavy atom. The zero-order valence-electron chi connectivity index (χ0n) is 11.4. The Kier molecular flexibility index (Phi) is 2.59. The summed E-state index contributed by atoms with van der Waals surface area (Å²) >= 11 is 0. The Bertz CT molecular complexity index is 574. The molecule has 1 N–H and O–H groups in total. The summed E-state index contributed by atoms with van der Waals surface area (Å²) in [6.07, 6.45) is 4.74. The van der Waals surface area contributed by atoms with E-state index in [9.17, 15) is 9.59 Å². The van der Waals surface area contributed by atoms with E-state index in [0.29, 0.717) is 0 Å². The van der Waals surface area contributed by atoms with Crippen molar-refractivity contribution >= 4 is 23.2 Å². The first-order valence-electron chi connectivity index (χ1n) is 7.51. The van der Waals surface area contributed by atoms with Gasteiger partial charge in [-0.05, 0) is 43.4 Å². The third kappa shape index (κ3) is 1.54. The van der Waals surface area contributed by atoms with Gasteiger partial charge in [0, 0.05) is 12.2 Å². The Balaban J connectivity index is 1.78. The molecule has 1 aromatic carbocycles. The van der Waals surface area contributed by atoms with Crippen LogP contribution in [0.15, 0.2) is 18.2 Å². The van der Waals surface area contributed by atoms with Gasteiger partial charge in [-0.1, -0.05) is 12.5 Å². The number of nitrogens with one attached hydrogen (secondary N) is 1. The Morgan fingerprint density at radius 1 is 1.05 bits per heavy atom. The molecule has 1 saturated carbocycles. The van der Waals surface area contributed by atoms with Gasteiger partial charge in [0.05, 0.1) is 17.5 Å². The lowest BCUT2D eigenvalue weighted by Crippen LogP contribution is -2.33. The van der Waals surface area contributed by atoms with E-state index >= 15 is 0 Å². The summed E-state index contributed by atoms with van der Waals surface area (Å²) in [6, 6.07) is 5.88. The van der Waals surface area contributed by atoms with Crippen LogP contribution in [-0.4, -0.2) is 18.4 Å². The molecular formula is C16H18N2O2. The molecule has 4 rings (SSSR count). The van der Waals surface area contributed by atoms with Crippen molar-refractivity contribution in [1.29, 1.82) is 0 Å². The molecule has 2 fully saturated rings. The number of amides is 2. The minimum Gasteiger partial charge on any atom is -0.385 e. The van der Waals surface area contributed by atoms with E-state index in [1.54, 1.807) is 0 Å². The smallest absolute Gasteiger partial charge is 0.237 e. The Hall–Kier alpha value is -1.84. The summed E-state index contributed by atoms with van der Waals surface area (Å²) in [7, 11) is 0. The maximum Gasteiger partial charge on any atom is 0.237 e.